The lowest BCUT2D eigenvalue weighted by atomic mass is 10.0. The minimum absolute atomic E-state index is 0.101. The second-order valence-electron chi connectivity index (χ2n) is 9.11. The molecule has 5 nitrogen and oxygen atoms in total. The number of nitrogens with two attached hydrogens (primary N) is 1. The zero-order valence-electron chi connectivity index (χ0n) is 19.9. The Balaban J connectivity index is 1.31. The Hall–Kier alpha value is -2.89. The standard InChI is InChI=1S/C28H36N4O/c1-22(2)33-27-21-24(11-12-25(27)26-9-6-10-28(29)30-26)14-16-32-19-17-31(18-20-32)15-13-23-7-4-3-5-8-23/h3-12,21-22H,13-20H2,1-2H3,(H2,29,30). The predicted molar refractivity (Wildman–Crippen MR) is 137 cm³/mol. The summed E-state index contributed by atoms with van der Waals surface area (Å²) in [6.45, 7) is 10.9. The summed E-state index contributed by atoms with van der Waals surface area (Å²) in [6, 6.07) is 23.0. The number of ether oxygens (including phenoxy) is 1. The Bertz CT molecular complexity index is 1010. The van der Waals surface area contributed by atoms with E-state index in [0.29, 0.717) is 5.82 Å². The van der Waals surface area contributed by atoms with Crippen LogP contribution in [0.3, 0.4) is 0 Å². The number of hydrogen-bond donors (Lipinski definition) is 1. The summed E-state index contributed by atoms with van der Waals surface area (Å²) < 4.78 is 6.15. The number of pyridine rings is 1. The molecule has 1 saturated heterocycles. The second kappa shape index (κ2) is 11.3. The Labute approximate surface area is 198 Å². The van der Waals surface area contributed by atoms with Gasteiger partial charge in [0.1, 0.15) is 11.6 Å². The van der Waals surface area contributed by atoms with E-state index < -0.39 is 0 Å². The topological polar surface area (TPSA) is 54.6 Å². The number of piperazine rings is 1. The third-order valence-electron chi connectivity index (χ3n) is 6.20. The fourth-order valence-corrected chi connectivity index (χ4v) is 4.34. The van der Waals surface area contributed by atoms with E-state index in [-0.39, 0.29) is 6.10 Å². The van der Waals surface area contributed by atoms with Crippen LogP contribution in [-0.4, -0.2) is 60.2 Å². The number of nitrogen functional groups attached to an aromatic ring is 1. The molecule has 174 valence electrons. The van der Waals surface area contributed by atoms with Crippen LogP contribution in [0, 0.1) is 0 Å². The van der Waals surface area contributed by atoms with E-state index in [9.17, 15) is 0 Å². The van der Waals surface area contributed by atoms with Crippen LogP contribution in [0.25, 0.3) is 11.3 Å². The van der Waals surface area contributed by atoms with Crippen LogP contribution in [-0.2, 0) is 12.8 Å². The van der Waals surface area contributed by atoms with E-state index in [4.69, 9.17) is 10.5 Å². The molecule has 0 spiro atoms. The average Bonchev–Trinajstić information content (AvgIpc) is 2.82. The molecule has 4 rings (SSSR count). The molecule has 2 N–H and O–H groups in total. The maximum absolute atomic E-state index is 6.15. The molecule has 0 bridgehead atoms. The molecule has 0 saturated carbocycles. The highest BCUT2D eigenvalue weighted by Gasteiger charge is 2.17. The first kappa shape index (κ1) is 23.3. The molecule has 0 aliphatic carbocycles. The molecule has 33 heavy (non-hydrogen) atoms. The Morgan fingerprint density at radius 2 is 1.48 bits per heavy atom. The first-order valence-corrected chi connectivity index (χ1v) is 12.1. The van der Waals surface area contributed by atoms with Gasteiger partial charge in [-0.15, -0.1) is 0 Å². The summed E-state index contributed by atoms with van der Waals surface area (Å²) in [5.74, 6) is 1.40. The molecule has 1 fully saturated rings. The van der Waals surface area contributed by atoms with Crippen molar-refractivity contribution in [3.63, 3.8) is 0 Å². The van der Waals surface area contributed by atoms with Crippen molar-refractivity contribution >= 4 is 5.82 Å². The molecule has 0 atom stereocenters. The van der Waals surface area contributed by atoms with Gasteiger partial charge in [-0.2, -0.15) is 0 Å². The fourth-order valence-electron chi connectivity index (χ4n) is 4.34. The van der Waals surface area contributed by atoms with Gasteiger partial charge in [-0.3, -0.25) is 0 Å². The lowest BCUT2D eigenvalue weighted by molar-refractivity contribution is 0.134. The van der Waals surface area contributed by atoms with Crippen LogP contribution in [0.2, 0.25) is 0 Å². The summed E-state index contributed by atoms with van der Waals surface area (Å²) in [4.78, 5) is 9.65. The van der Waals surface area contributed by atoms with Crippen LogP contribution in [0.4, 0.5) is 5.82 Å². The lowest BCUT2D eigenvalue weighted by Crippen LogP contribution is -2.47. The predicted octanol–water partition coefficient (Wildman–Crippen LogP) is 4.52. The van der Waals surface area contributed by atoms with Crippen molar-refractivity contribution in [3.8, 4) is 17.0 Å². The summed E-state index contributed by atoms with van der Waals surface area (Å²) in [5.41, 5.74) is 10.5. The van der Waals surface area contributed by atoms with Gasteiger partial charge >= 0.3 is 0 Å². The van der Waals surface area contributed by atoms with Gasteiger partial charge in [-0.1, -0.05) is 42.5 Å². The van der Waals surface area contributed by atoms with E-state index in [1.54, 1.807) is 0 Å². The number of rotatable bonds is 9. The highest BCUT2D eigenvalue weighted by molar-refractivity contribution is 5.68. The van der Waals surface area contributed by atoms with Gasteiger partial charge in [0.05, 0.1) is 11.8 Å². The molecule has 0 radical (unpaired) electrons. The molecule has 0 amide bonds. The SMILES string of the molecule is CC(C)Oc1cc(CCN2CCN(CCc3ccccc3)CC2)ccc1-c1cccc(N)n1. The van der Waals surface area contributed by atoms with Gasteiger partial charge in [0.15, 0.2) is 0 Å². The number of aromatic nitrogens is 1. The smallest absolute Gasteiger partial charge is 0.129 e. The van der Waals surface area contributed by atoms with Crippen molar-refractivity contribution in [2.24, 2.45) is 0 Å². The highest BCUT2D eigenvalue weighted by Crippen LogP contribution is 2.31. The van der Waals surface area contributed by atoms with Crippen LogP contribution in [0.1, 0.15) is 25.0 Å². The molecule has 0 unspecified atom stereocenters. The van der Waals surface area contributed by atoms with Crippen LogP contribution in [0.15, 0.2) is 66.7 Å². The van der Waals surface area contributed by atoms with Crippen molar-refractivity contribution in [1.82, 2.24) is 14.8 Å². The minimum Gasteiger partial charge on any atom is -0.490 e. The van der Waals surface area contributed by atoms with Crippen molar-refractivity contribution in [2.45, 2.75) is 32.8 Å². The molecule has 5 heteroatoms. The van der Waals surface area contributed by atoms with Crippen LogP contribution >= 0.6 is 0 Å². The summed E-state index contributed by atoms with van der Waals surface area (Å²) in [6.07, 6.45) is 2.25. The van der Waals surface area contributed by atoms with Gasteiger partial charge in [0, 0.05) is 44.8 Å². The first-order valence-electron chi connectivity index (χ1n) is 12.1. The number of benzene rings is 2. The molecule has 1 aliphatic rings. The molecular weight excluding hydrogens is 408 g/mol. The number of hydrogen-bond acceptors (Lipinski definition) is 5. The van der Waals surface area contributed by atoms with E-state index in [0.717, 1.165) is 69.1 Å². The molecule has 2 aromatic carbocycles. The zero-order valence-corrected chi connectivity index (χ0v) is 19.9. The Morgan fingerprint density at radius 3 is 2.12 bits per heavy atom. The van der Waals surface area contributed by atoms with Gasteiger partial charge in [0.2, 0.25) is 0 Å². The summed E-state index contributed by atoms with van der Waals surface area (Å²) in [7, 11) is 0. The second-order valence-corrected chi connectivity index (χ2v) is 9.11. The van der Waals surface area contributed by atoms with E-state index >= 15 is 0 Å². The van der Waals surface area contributed by atoms with Crippen molar-refractivity contribution < 1.29 is 4.74 Å². The summed E-state index contributed by atoms with van der Waals surface area (Å²) in [5, 5.41) is 0. The molecule has 2 heterocycles. The first-order chi connectivity index (χ1) is 16.1. The minimum atomic E-state index is 0.101. The quantitative estimate of drug-likeness (QED) is 0.526. The van der Waals surface area contributed by atoms with Gasteiger partial charge < -0.3 is 20.3 Å². The average molecular weight is 445 g/mol. The normalized spacial score (nSPS) is 15.1. The van der Waals surface area contributed by atoms with Gasteiger partial charge in [-0.25, -0.2) is 4.98 Å². The Morgan fingerprint density at radius 1 is 0.818 bits per heavy atom. The van der Waals surface area contributed by atoms with E-state index in [1.807, 2.05) is 18.2 Å². The van der Waals surface area contributed by atoms with Crippen LogP contribution in [0.5, 0.6) is 5.75 Å². The fraction of sp³-hybridized carbons (Fsp3) is 0.393. The van der Waals surface area contributed by atoms with Crippen LogP contribution < -0.4 is 10.5 Å². The van der Waals surface area contributed by atoms with Crippen molar-refractivity contribution in [2.75, 3.05) is 45.0 Å². The number of nitrogens with zero attached hydrogens (tertiary/aromatic N) is 3. The highest BCUT2D eigenvalue weighted by atomic mass is 16.5. The largest absolute Gasteiger partial charge is 0.490 e. The molecule has 1 aromatic heterocycles. The number of anilines is 1. The monoisotopic (exact) mass is 444 g/mol. The maximum Gasteiger partial charge on any atom is 0.129 e. The van der Waals surface area contributed by atoms with Gasteiger partial charge in [0.25, 0.3) is 0 Å². The third kappa shape index (κ3) is 6.80. The molecule has 1 aliphatic heterocycles. The zero-order chi connectivity index (χ0) is 23.0. The van der Waals surface area contributed by atoms with Crippen molar-refractivity contribution in [1.29, 1.82) is 0 Å². The Kier molecular flexibility index (Phi) is 7.97. The van der Waals surface area contributed by atoms with Gasteiger partial charge in [-0.05, 0) is 62.1 Å². The summed E-state index contributed by atoms with van der Waals surface area (Å²) >= 11 is 0. The molecular formula is C28H36N4O. The van der Waals surface area contributed by atoms with E-state index in [2.05, 4.69) is 77.2 Å². The van der Waals surface area contributed by atoms with E-state index in [1.165, 1.54) is 11.1 Å². The maximum atomic E-state index is 6.15. The molecule has 3 aromatic rings. The third-order valence-corrected chi connectivity index (χ3v) is 6.20. The lowest BCUT2D eigenvalue weighted by Gasteiger charge is -2.34. The van der Waals surface area contributed by atoms with Crippen molar-refractivity contribution in [3.05, 3.63) is 77.9 Å².